The molecule has 0 aliphatic carbocycles. The highest BCUT2D eigenvalue weighted by atomic mass is 35.5. The zero-order valence-electron chi connectivity index (χ0n) is 10.7. The smallest absolute Gasteiger partial charge is 0.320 e. The highest BCUT2D eigenvalue weighted by Crippen LogP contribution is 1.98. The molecule has 0 spiro atoms. The van der Waals surface area contributed by atoms with Gasteiger partial charge in [-0.05, 0) is 19.8 Å². The van der Waals surface area contributed by atoms with Crippen LogP contribution in [0.15, 0.2) is 0 Å². The van der Waals surface area contributed by atoms with Gasteiger partial charge in [-0.2, -0.15) is 0 Å². The lowest BCUT2D eigenvalue weighted by Crippen LogP contribution is -2.49. The third-order valence-corrected chi connectivity index (χ3v) is 2.27. The van der Waals surface area contributed by atoms with Crippen LogP contribution in [-0.2, 0) is 9.59 Å². The van der Waals surface area contributed by atoms with Gasteiger partial charge in [0.1, 0.15) is 6.04 Å². The molecule has 0 radical (unpaired) electrons. The summed E-state index contributed by atoms with van der Waals surface area (Å²) >= 11 is 0. The van der Waals surface area contributed by atoms with Gasteiger partial charge in [-0.25, -0.2) is 0 Å². The van der Waals surface area contributed by atoms with Gasteiger partial charge in [0.05, 0.1) is 6.04 Å². The van der Waals surface area contributed by atoms with Crippen LogP contribution >= 0.6 is 12.4 Å². The van der Waals surface area contributed by atoms with E-state index >= 15 is 0 Å². The molecule has 0 rings (SSSR count). The minimum Gasteiger partial charge on any atom is -0.480 e. The third kappa shape index (κ3) is 7.99. The van der Waals surface area contributed by atoms with Crippen molar-refractivity contribution >= 4 is 24.3 Å². The fourth-order valence-electron chi connectivity index (χ4n) is 1.35. The average molecular weight is 267 g/mol. The molecule has 0 saturated carbocycles. The van der Waals surface area contributed by atoms with Gasteiger partial charge in [-0.15, -0.1) is 12.4 Å². The molecule has 2 unspecified atom stereocenters. The second kappa shape index (κ2) is 10.4. The van der Waals surface area contributed by atoms with Crippen LogP contribution in [0, 0.1) is 0 Å². The van der Waals surface area contributed by atoms with Crippen molar-refractivity contribution in [1.29, 1.82) is 0 Å². The van der Waals surface area contributed by atoms with E-state index in [0.717, 1.165) is 12.8 Å². The largest absolute Gasteiger partial charge is 0.480 e. The van der Waals surface area contributed by atoms with Crippen molar-refractivity contribution in [3.8, 4) is 0 Å². The average Bonchev–Trinajstić information content (AvgIpc) is 2.24. The SMILES string of the molecule is CCCNC(=O)C(C)NC(CCC)C(=O)O.Cl. The van der Waals surface area contributed by atoms with E-state index < -0.39 is 18.1 Å². The van der Waals surface area contributed by atoms with E-state index in [1.54, 1.807) is 6.92 Å². The second-order valence-corrected chi connectivity index (χ2v) is 3.86. The van der Waals surface area contributed by atoms with Crippen molar-refractivity contribution in [1.82, 2.24) is 10.6 Å². The van der Waals surface area contributed by atoms with Gasteiger partial charge in [0.25, 0.3) is 0 Å². The lowest BCUT2D eigenvalue weighted by atomic mass is 10.1. The first kappa shape index (κ1) is 18.6. The van der Waals surface area contributed by atoms with Crippen LogP contribution in [0.5, 0.6) is 0 Å². The van der Waals surface area contributed by atoms with Crippen molar-refractivity contribution in [2.24, 2.45) is 0 Å². The quantitative estimate of drug-likeness (QED) is 0.616. The molecule has 0 aliphatic heterocycles. The Morgan fingerprint density at radius 2 is 1.82 bits per heavy atom. The van der Waals surface area contributed by atoms with Gasteiger partial charge in [-0.3, -0.25) is 14.9 Å². The molecular formula is C11H23ClN2O3. The van der Waals surface area contributed by atoms with Crippen LogP contribution in [0.25, 0.3) is 0 Å². The Balaban J connectivity index is 0. The summed E-state index contributed by atoms with van der Waals surface area (Å²) in [6.45, 7) is 6.18. The number of hydrogen-bond acceptors (Lipinski definition) is 3. The van der Waals surface area contributed by atoms with Crippen LogP contribution in [0.4, 0.5) is 0 Å². The number of nitrogens with one attached hydrogen (secondary N) is 2. The van der Waals surface area contributed by atoms with Gasteiger partial charge >= 0.3 is 5.97 Å². The molecule has 6 heteroatoms. The first-order valence-corrected chi connectivity index (χ1v) is 5.79. The molecule has 0 heterocycles. The summed E-state index contributed by atoms with van der Waals surface area (Å²) in [4.78, 5) is 22.4. The lowest BCUT2D eigenvalue weighted by Gasteiger charge is -2.19. The molecule has 0 aromatic carbocycles. The van der Waals surface area contributed by atoms with Crippen molar-refractivity contribution < 1.29 is 14.7 Å². The molecule has 0 saturated heterocycles. The second-order valence-electron chi connectivity index (χ2n) is 3.86. The summed E-state index contributed by atoms with van der Waals surface area (Å²) in [6.07, 6.45) is 2.17. The molecule has 3 N–H and O–H groups in total. The van der Waals surface area contributed by atoms with Crippen molar-refractivity contribution in [2.75, 3.05) is 6.54 Å². The van der Waals surface area contributed by atoms with Gasteiger partial charge in [0.15, 0.2) is 0 Å². The molecule has 0 bridgehead atoms. The molecule has 17 heavy (non-hydrogen) atoms. The Labute approximate surface area is 109 Å². The van der Waals surface area contributed by atoms with Gasteiger partial charge in [0, 0.05) is 6.54 Å². The predicted molar refractivity (Wildman–Crippen MR) is 69.5 cm³/mol. The standard InChI is InChI=1S/C11H22N2O3.ClH/c1-4-6-9(11(15)16)13-8(3)10(14)12-7-5-2;/h8-9,13H,4-7H2,1-3H3,(H,12,14)(H,15,16);1H. The molecule has 0 aromatic rings. The number of rotatable bonds is 8. The molecular weight excluding hydrogens is 244 g/mol. The van der Waals surface area contributed by atoms with Crippen LogP contribution < -0.4 is 10.6 Å². The van der Waals surface area contributed by atoms with Gasteiger partial charge in [0.2, 0.25) is 5.91 Å². The van der Waals surface area contributed by atoms with E-state index in [0.29, 0.717) is 13.0 Å². The Morgan fingerprint density at radius 1 is 1.24 bits per heavy atom. The van der Waals surface area contributed by atoms with Crippen LogP contribution in [0.2, 0.25) is 0 Å². The summed E-state index contributed by atoms with van der Waals surface area (Å²) in [6, 6.07) is -1.12. The molecule has 0 fully saturated rings. The molecule has 5 nitrogen and oxygen atoms in total. The minimum absolute atomic E-state index is 0. The van der Waals surface area contributed by atoms with Crippen molar-refractivity contribution in [3.63, 3.8) is 0 Å². The zero-order valence-corrected chi connectivity index (χ0v) is 11.5. The van der Waals surface area contributed by atoms with E-state index in [9.17, 15) is 9.59 Å². The monoisotopic (exact) mass is 266 g/mol. The van der Waals surface area contributed by atoms with Crippen molar-refractivity contribution in [3.05, 3.63) is 0 Å². The first-order valence-electron chi connectivity index (χ1n) is 5.79. The third-order valence-electron chi connectivity index (χ3n) is 2.27. The van der Waals surface area contributed by atoms with Crippen molar-refractivity contribution in [2.45, 2.75) is 52.1 Å². The van der Waals surface area contributed by atoms with E-state index in [1.807, 2.05) is 13.8 Å². The maximum Gasteiger partial charge on any atom is 0.320 e. The summed E-state index contributed by atoms with van der Waals surface area (Å²) < 4.78 is 0. The number of carboxylic acid groups (broad SMARTS) is 1. The number of carbonyl (C=O) groups excluding carboxylic acids is 1. The maximum atomic E-state index is 11.5. The lowest BCUT2D eigenvalue weighted by molar-refractivity contribution is -0.140. The molecule has 0 aliphatic rings. The number of carboxylic acids is 1. The Kier molecular flexibility index (Phi) is 11.3. The predicted octanol–water partition coefficient (Wildman–Crippen LogP) is 1.17. The maximum absolute atomic E-state index is 11.5. The number of amides is 1. The van der Waals surface area contributed by atoms with Gasteiger partial charge < -0.3 is 10.4 Å². The van der Waals surface area contributed by atoms with E-state index in [2.05, 4.69) is 10.6 Å². The normalized spacial score (nSPS) is 13.4. The number of halogens is 1. The fourth-order valence-corrected chi connectivity index (χ4v) is 1.35. The minimum atomic E-state index is -0.906. The highest BCUT2D eigenvalue weighted by Gasteiger charge is 2.21. The highest BCUT2D eigenvalue weighted by molar-refractivity contribution is 5.85. The topological polar surface area (TPSA) is 78.4 Å². The number of carbonyl (C=O) groups is 2. The summed E-state index contributed by atoms with van der Waals surface area (Å²) in [5.41, 5.74) is 0. The van der Waals surface area contributed by atoms with E-state index in [4.69, 9.17) is 5.11 Å². The van der Waals surface area contributed by atoms with Crippen LogP contribution in [-0.4, -0.2) is 35.6 Å². The first-order chi connectivity index (χ1) is 7.52. The number of hydrogen-bond donors (Lipinski definition) is 3. The molecule has 2 atom stereocenters. The Bertz CT molecular complexity index is 237. The fraction of sp³-hybridized carbons (Fsp3) is 0.818. The molecule has 102 valence electrons. The van der Waals surface area contributed by atoms with E-state index in [-0.39, 0.29) is 18.3 Å². The zero-order chi connectivity index (χ0) is 12.6. The van der Waals surface area contributed by atoms with E-state index in [1.165, 1.54) is 0 Å². The molecule has 1 amide bonds. The molecule has 0 aromatic heterocycles. The summed E-state index contributed by atoms with van der Waals surface area (Å²) in [5, 5.41) is 14.5. The van der Waals surface area contributed by atoms with Crippen LogP contribution in [0.3, 0.4) is 0 Å². The number of aliphatic carboxylic acids is 1. The summed E-state index contributed by atoms with van der Waals surface area (Å²) in [7, 11) is 0. The van der Waals surface area contributed by atoms with Crippen LogP contribution in [0.1, 0.15) is 40.0 Å². The van der Waals surface area contributed by atoms with Gasteiger partial charge in [-0.1, -0.05) is 20.3 Å². The Morgan fingerprint density at radius 3 is 2.24 bits per heavy atom. The summed E-state index contributed by atoms with van der Waals surface area (Å²) in [5.74, 6) is -1.05. The Hall–Kier alpha value is -0.810.